The fourth-order valence-electron chi connectivity index (χ4n) is 3.82. The first-order valence-corrected chi connectivity index (χ1v) is 14.1. The van der Waals surface area contributed by atoms with Crippen LogP contribution in [0.15, 0.2) is 66.0 Å². The molecule has 0 bridgehead atoms. The number of sulfone groups is 1. The van der Waals surface area contributed by atoms with Crippen molar-refractivity contribution in [2.24, 2.45) is 7.05 Å². The Balaban J connectivity index is 1.58. The lowest BCUT2D eigenvalue weighted by Gasteiger charge is -2.17. The first kappa shape index (κ1) is 29.1. The van der Waals surface area contributed by atoms with E-state index in [2.05, 4.69) is 31.3 Å². The van der Waals surface area contributed by atoms with E-state index in [1.807, 2.05) is 0 Å². The third kappa shape index (κ3) is 7.40. The summed E-state index contributed by atoms with van der Waals surface area (Å²) in [6.07, 6.45) is 4.93. The minimum absolute atomic E-state index is 0.0295. The molecular formula is C25H23ClN8O6S. The third-order valence-corrected chi connectivity index (χ3v) is 7.09. The van der Waals surface area contributed by atoms with Crippen LogP contribution in [0.5, 0.6) is 0 Å². The van der Waals surface area contributed by atoms with Crippen LogP contribution in [0.3, 0.4) is 0 Å². The van der Waals surface area contributed by atoms with Gasteiger partial charge < -0.3 is 15.7 Å². The minimum atomic E-state index is -3.59. The summed E-state index contributed by atoms with van der Waals surface area (Å²) in [7, 11) is -2.14. The van der Waals surface area contributed by atoms with Crippen LogP contribution in [0.25, 0.3) is 11.8 Å². The lowest BCUT2D eigenvalue weighted by atomic mass is 10.1. The Morgan fingerprint density at radius 3 is 2.46 bits per heavy atom. The predicted octanol–water partition coefficient (Wildman–Crippen LogP) is 1.53. The van der Waals surface area contributed by atoms with Crippen molar-refractivity contribution < 1.29 is 27.9 Å². The number of hydrogen-bond acceptors (Lipinski definition) is 9. The molecule has 2 heterocycles. The molecule has 0 aliphatic heterocycles. The largest absolute Gasteiger partial charge is 0.478 e. The average Bonchev–Trinajstić information content (AvgIpc) is 3.57. The molecule has 0 fully saturated rings. The lowest BCUT2D eigenvalue weighted by Crippen LogP contribution is -2.44. The first-order chi connectivity index (χ1) is 19.4. The minimum Gasteiger partial charge on any atom is -0.478 e. The zero-order valence-corrected chi connectivity index (χ0v) is 23.2. The molecule has 0 radical (unpaired) electrons. The van der Waals surface area contributed by atoms with Crippen molar-refractivity contribution in [2.45, 2.75) is 17.5 Å². The van der Waals surface area contributed by atoms with Gasteiger partial charge in [-0.15, -0.1) is 5.10 Å². The molecule has 212 valence electrons. The number of benzene rings is 2. The molecule has 1 atom stereocenters. The van der Waals surface area contributed by atoms with Crippen LogP contribution in [0, 0.1) is 0 Å². The Morgan fingerprint density at radius 1 is 1.12 bits per heavy atom. The van der Waals surface area contributed by atoms with Gasteiger partial charge in [0.05, 0.1) is 16.9 Å². The normalized spacial score (nSPS) is 12.3. The quantitative estimate of drug-likeness (QED) is 0.226. The van der Waals surface area contributed by atoms with Crippen molar-refractivity contribution in [3.05, 3.63) is 82.8 Å². The topological polar surface area (TPSA) is 191 Å². The van der Waals surface area contributed by atoms with Crippen LogP contribution in [-0.4, -0.2) is 73.6 Å². The Kier molecular flexibility index (Phi) is 8.59. The number of hydrogen-bond donors (Lipinski definition) is 3. The second-order valence-electron chi connectivity index (χ2n) is 8.80. The van der Waals surface area contributed by atoms with Crippen LogP contribution in [0.4, 0.5) is 5.69 Å². The molecule has 41 heavy (non-hydrogen) atoms. The maximum absolute atomic E-state index is 13.2. The van der Waals surface area contributed by atoms with Crippen molar-refractivity contribution in [3.8, 4) is 5.69 Å². The van der Waals surface area contributed by atoms with Crippen molar-refractivity contribution in [3.63, 3.8) is 0 Å². The van der Waals surface area contributed by atoms with E-state index < -0.39 is 33.7 Å². The fourth-order valence-corrected chi connectivity index (χ4v) is 4.87. The number of aromatic carboxylic acids is 1. The summed E-state index contributed by atoms with van der Waals surface area (Å²) in [4.78, 5) is 37.3. The molecule has 4 aromatic rings. The summed E-state index contributed by atoms with van der Waals surface area (Å²) >= 11 is 6.13. The number of carbonyl (C=O) groups is 3. The average molecular weight is 599 g/mol. The predicted molar refractivity (Wildman–Crippen MR) is 147 cm³/mol. The number of carboxylic acid groups (broad SMARTS) is 1. The van der Waals surface area contributed by atoms with Gasteiger partial charge in [0.15, 0.2) is 14.9 Å². The smallest absolute Gasteiger partial charge is 0.335 e. The molecule has 2 aromatic heterocycles. The van der Waals surface area contributed by atoms with Crippen LogP contribution < -0.4 is 10.6 Å². The molecule has 0 saturated carbocycles. The van der Waals surface area contributed by atoms with Gasteiger partial charge in [-0.25, -0.2) is 13.2 Å². The Morgan fingerprint density at radius 2 is 1.85 bits per heavy atom. The molecule has 16 heteroatoms. The van der Waals surface area contributed by atoms with Crippen molar-refractivity contribution in [2.75, 3.05) is 11.6 Å². The van der Waals surface area contributed by atoms with E-state index in [9.17, 15) is 22.8 Å². The highest BCUT2D eigenvalue weighted by Crippen LogP contribution is 2.20. The number of nitrogens with one attached hydrogen (secondary N) is 2. The molecule has 0 aliphatic carbocycles. The monoisotopic (exact) mass is 598 g/mol. The van der Waals surface area contributed by atoms with Crippen molar-refractivity contribution in [1.29, 1.82) is 0 Å². The van der Waals surface area contributed by atoms with Crippen LogP contribution in [0.2, 0.25) is 5.02 Å². The van der Waals surface area contributed by atoms with E-state index in [0.717, 1.165) is 6.26 Å². The standard InChI is InChI=1S/C25H23ClN8O6S/c1-33-23(41(2,39)40)13-19(30-33)12-20(24(36)28-18-7-3-15(4-8-18)25(37)38)29-22(35)10-5-16-11-17(26)6-9-21(16)34-14-27-31-32-34/h3-11,13-14,20H,12H2,1-2H3,(H,28,36)(H,29,35)(H,37,38)/b10-5+/t20-/m0/s1. The number of halogens is 1. The van der Waals surface area contributed by atoms with Gasteiger partial charge in [0.1, 0.15) is 12.4 Å². The summed E-state index contributed by atoms with van der Waals surface area (Å²) in [6.45, 7) is 0. The number of anilines is 1. The molecule has 0 unspecified atom stereocenters. The van der Waals surface area contributed by atoms with Gasteiger partial charge >= 0.3 is 5.97 Å². The van der Waals surface area contributed by atoms with Crippen LogP contribution in [-0.2, 0) is 32.9 Å². The van der Waals surface area contributed by atoms with E-state index >= 15 is 0 Å². The van der Waals surface area contributed by atoms with Gasteiger partial charge in [-0.2, -0.15) is 9.78 Å². The number of nitrogens with zero attached hydrogens (tertiary/aromatic N) is 6. The number of carbonyl (C=O) groups excluding carboxylic acids is 2. The summed E-state index contributed by atoms with van der Waals surface area (Å²) < 4.78 is 26.7. The van der Waals surface area contributed by atoms with Gasteiger partial charge in [0, 0.05) is 42.1 Å². The second-order valence-corrected chi connectivity index (χ2v) is 11.2. The van der Waals surface area contributed by atoms with Crippen LogP contribution >= 0.6 is 11.6 Å². The SMILES string of the molecule is Cn1nc(C[C@H](NC(=O)/C=C/c2cc(Cl)ccc2-n2cnnn2)C(=O)Nc2ccc(C(=O)O)cc2)cc1S(C)(=O)=O. The highest BCUT2D eigenvalue weighted by Gasteiger charge is 2.24. The molecule has 0 aliphatic rings. The van der Waals surface area contributed by atoms with Gasteiger partial charge in [-0.3, -0.25) is 14.3 Å². The van der Waals surface area contributed by atoms with E-state index in [1.165, 1.54) is 65.2 Å². The Hall–Kier alpha value is -4.89. The highest BCUT2D eigenvalue weighted by atomic mass is 35.5. The van der Waals surface area contributed by atoms with Crippen molar-refractivity contribution >= 4 is 51.0 Å². The highest BCUT2D eigenvalue weighted by molar-refractivity contribution is 7.90. The summed E-state index contributed by atoms with van der Waals surface area (Å²) in [5, 5.41) is 29.9. The Labute approximate surface area is 238 Å². The summed E-state index contributed by atoms with van der Waals surface area (Å²) in [5.74, 6) is -2.41. The van der Waals surface area contributed by atoms with Gasteiger partial charge in [-0.1, -0.05) is 11.6 Å². The van der Waals surface area contributed by atoms with E-state index in [1.54, 1.807) is 18.2 Å². The molecule has 0 saturated heterocycles. The lowest BCUT2D eigenvalue weighted by molar-refractivity contribution is -0.123. The van der Waals surface area contributed by atoms with Gasteiger partial charge in [0.25, 0.3) is 0 Å². The maximum Gasteiger partial charge on any atom is 0.335 e. The number of amides is 2. The molecule has 2 amide bonds. The van der Waals surface area contributed by atoms with Crippen LogP contribution in [0.1, 0.15) is 21.6 Å². The third-order valence-electron chi connectivity index (χ3n) is 5.71. The number of aryl methyl sites for hydroxylation is 1. The summed E-state index contributed by atoms with van der Waals surface area (Å²) in [6, 6.07) is 10.5. The van der Waals surface area contributed by atoms with E-state index in [4.69, 9.17) is 16.7 Å². The number of aromatic nitrogens is 6. The fraction of sp³-hybridized carbons (Fsp3) is 0.160. The molecule has 14 nitrogen and oxygen atoms in total. The van der Waals surface area contributed by atoms with Gasteiger partial charge in [-0.05, 0) is 65.0 Å². The summed E-state index contributed by atoms with van der Waals surface area (Å²) in [5.41, 5.74) is 1.63. The van der Waals surface area contributed by atoms with E-state index in [0.29, 0.717) is 16.3 Å². The molecule has 4 rings (SSSR count). The maximum atomic E-state index is 13.2. The molecule has 0 spiro atoms. The Bertz CT molecular complexity index is 1730. The zero-order chi connectivity index (χ0) is 29.7. The number of carboxylic acids is 1. The van der Waals surface area contributed by atoms with Gasteiger partial charge in [0.2, 0.25) is 11.8 Å². The number of rotatable bonds is 10. The number of tetrazole rings is 1. The second kappa shape index (κ2) is 12.1. The first-order valence-electron chi connectivity index (χ1n) is 11.8. The molecule has 2 aromatic carbocycles. The van der Waals surface area contributed by atoms with Crippen molar-refractivity contribution in [1.82, 2.24) is 35.3 Å². The van der Waals surface area contributed by atoms with E-state index in [-0.39, 0.29) is 28.4 Å². The molecular weight excluding hydrogens is 576 g/mol. The zero-order valence-electron chi connectivity index (χ0n) is 21.6. The molecule has 3 N–H and O–H groups in total.